The first-order valence-corrected chi connectivity index (χ1v) is 8.20. The van der Waals surface area contributed by atoms with Crippen LogP contribution in [0.2, 0.25) is 0 Å². The van der Waals surface area contributed by atoms with Crippen LogP contribution in [-0.4, -0.2) is 101 Å². The second kappa shape index (κ2) is 14.5. The summed E-state index contributed by atoms with van der Waals surface area (Å²) in [6.07, 6.45) is -0.160. The lowest BCUT2D eigenvalue weighted by Crippen LogP contribution is -2.44. The van der Waals surface area contributed by atoms with E-state index in [1.54, 1.807) is 33.2 Å². The average molecular weight is 368 g/mol. The van der Waals surface area contributed by atoms with Crippen molar-refractivity contribution in [2.75, 3.05) is 41.4 Å². The molecular weight excluding hydrogens is 338 g/mol. The van der Waals surface area contributed by atoms with Crippen molar-refractivity contribution < 1.29 is 28.7 Å². The molecule has 0 bridgehead atoms. The summed E-state index contributed by atoms with van der Waals surface area (Å²) in [5, 5.41) is 0. The summed E-state index contributed by atoms with van der Waals surface area (Å²) in [4.78, 5) is 46.5. The van der Waals surface area contributed by atoms with Gasteiger partial charge in [0.2, 0.25) is 0 Å². The number of carbonyl (C=O) groups excluding carboxylic acids is 4. The second-order valence-corrected chi connectivity index (χ2v) is 6.08. The van der Waals surface area contributed by atoms with Crippen molar-refractivity contribution in [3.63, 3.8) is 0 Å². The van der Waals surface area contributed by atoms with Gasteiger partial charge in [0.15, 0.2) is 11.6 Å². The zero-order valence-corrected chi connectivity index (χ0v) is 17.1. The van der Waals surface area contributed by atoms with Gasteiger partial charge in [-0.3, -0.25) is 9.59 Å². The topological polar surface area (TPSA) is 93.2 Å². The lowest BCUT2D eigenvalue weighted by atomic mass is 9.72. The molecule has 2 radical (unpaired) electrons. The van der Waals surface area contributed by atoms with Gasteiger partial charge in [-0.1, -0.05) is 0 Å². The van der Waals surface area contributed by atoms with Gasteiger partial charge in [0.05, 0.1) is 23.6 Å². The van der Waals surface area contributed by atoms with Crippen LogP contribution in [0.3, 0.4) is 0 Å². The van der Waals surface area contributed by atoms with E-state index < -0.39 is 0 Å². The highest BCUT2D eigenvalue weighted by Gasteiger charge is 2.21. The van der Waals surface area contributed by atoms with Crippen LogP contribution in [0.4, 0.5) is 9.59 Å². The molecule has 0 aliphatic carbocycles. The fourth-order valence-corrected chi connectivity index (χ4v) is 1.59. The van der Waals surface area contributed by atoms with Crippen LogP contribution in [0.25, 0.3) is 0 Å². The molecule has 0 aliphatic heterocycles. The molecule has 0 aromatic carbocycles. The molecule has 0 saturated heterocycles. The van der Waals surface area contributed by atoms with E-state index in [0.717, 1.165) is 14.6 Å². The van der Waals surface area contributed by atoms with Gasteiger partial charge in [0.1, 0.15) is 0 Å². The quantitative estimate of drug-likeness (QED) is 0.526. The largest absolute Gasteiger partial charge is 0.380 e. The van der Waals surface area contributed by atoms with E-state index >= 15 is 0 Å². The Morgan fingerprint density at radius 1 is 0.808 bits per heavy atom. The number of rotatable bonds is 10. The summed E-state index contributed by atoms with van der Waals surface area (Å²) in [5.41, 5.74) is -0.469. The van der Waals surface area contributed by atoms with Crippen LogP contribution >= 0.6 is 0 Å². The van der Waals surface area contributed by atoms with Gasteiger partial charge >= 0.3 is 14.6 Å². The second-order valence-electron chi connectivity index (χ2n) is 6.08. The molecule has 0 fully saturated rings. The van der Waals surface area contributed by atoms with E-state index in [4.69, 9.17) is 9.47 Å². The SMILES string of the molecule is CC(=O)[B]C(=O)N(C)C.COC(C)CN(CC(C)OC)C(=O)[B]C(C)=O. The molecule has 8 nitrogen and oxygen atoms in total. The Bertz CT molecular complexity index is 462. The summed E-state index contributed by atoms with van der Waals surface area (Å²) in [6, 6.07) is 0. The third-order valence-electron chi connectivity index (χ3n) is 3.17. The summed E-state index contributed by atoms with van der Waals surface area (Å²) >= 11 is 0. The van der Waals surface area contributed by atoms with Crippen molar-refractivity contribution in [3.8, 4) is 0 Å². The zero-order valence-electron chi connectivity index (χ0n) is 17.1. The van der Waals surface area contributed by atoms with Crippen molar-refractivity contribution in [1.29, 1.82) is 0 Å². The molecule has 10 heteroatoms. The maximum atomic E-state index is 11.8. The van der Waals surface area contributed by atoms with E-state index in [1.807, 2.05) is 13.8 Å². The highest BCUT2D eigenvalue weighted by Crippen LogP contribution is 2.01. The fourth-order valence-electron chi connectivity index (χ4n) is 1.59. The number of hydrogen-bond donors (Lipinski definition) is 0. The number of ether oxygens (including phenoxy) is 2. The van der Waals surface area contributed by atoms with Crippen LogP contribution in [-0.2, 0) is 19.1 Å². The minimum absolute atomic E-state index is 0.0802. The minimum atomic E-state index is -0.301. The molecule has 0 saturated carbocycles. The van der Waals surface area contributed by atoms with Crippen molar-refractivity contribution in [2.45, 2.75) is 39.9 Å². The maximum absolute atomic E-state index is 11.8. The highest BCUT2D eigenvalue weighted by atomic mass is 16.5. The summed E-state index contributed by atoms with van der Waals surface area (Å²) in [6.45, 7) is 7.31. The van der Waals surface area contributed by atoms with E-state index in [9.17, 15) is 19.2 Å². The zero-order chi connectivity index (χ0) is 20.9. The molecule has 146 valence electrons. The molecule has 0 aliphatic rings. The van der Waals surface area contributed by atoms with Crippen LogP contribution in [0.1, 0.15) is 27.7 Å². The average Bonchev–Trinajstić information content (AvgIpc) is 2.52. The lowest BCUT2D eigenvalue weighted by Gasteiger charge is -2.27. The first kappa shape index (κ1) is 26.6. The molecule has 0 N–H and O–H groups in total. The smallest absolute Gasteiger partial charge is 0.320 e. The number of methoxy groups -OCH3 is 2. The van der Waals surface area contributed by atoms with Gasteiger partial charge < -0.3 is 28.9 Å². The van der Waals surface area contributed by atoms with Crippen LogP contribution < -0.4 is 0 Å². The van der Waals surface area contributed by atoms with Gasteiger partial charge in [0, 0.05) is 41.4 Å². The van der Waals surface area contributed by atoms with Gasteiger partial charge in [-0.2, -0.15) is 0 Å². The highest BCUT2D eigenvalue weighted by molar-refractivity contribution is 6.97. The predicted octanol–water partition coefficient (Wildman–Crippen LogP) is 0.648. The Morgan fingerprint density at radius 3 is 1.38 bits per heavy atom. The molecule has 0 heterocycles. The van der Waals surface area contributed by atoms with Gasteiger partial charge in [0.25, 0.3) is 0 Å². The summed E-state index contributed by atoms with van der Waals surface area (Å²) in [5.74, 6) is -0.562. The van der Waals surface area contributed by atoms with Crippen LogP contribution in [0.15, 0.2) is 0 Å². The predicted molar refractivity (Wildman–Crippen MR) is 102 cm³/mol. The molecule has 0 aromatic rings. The maximum Gasteiger partial charge on any atom is 0.320 e. The molecule has 2 unspecified atom stereocenters. The number of hydrogen-bond acceptors (Lipinski definition) is 6. The normalized spacial score (nSPS) is 12.0. The Balaban J connectivity index is 0. The van der Waals surface area contributed by atoms with Gasteiger partial charge in [-0.25, -0.2) is 0 Å². The van der Waals surface area contributed by atoms with Crippen molar-refractivity contribution in [2.24, 2.45) is 0 Å². The Morgan fingerprint density at radius 2 is 1.15 bits per heavy atom. The molecule has 2 amide bonds. The molecular formula is C16H30B2N2O6. The van der Waals surface area contributed by atoms with Crippen LogP contribution in [0.5, 0.6) is 0 Å². The van der Waals surface area contributed by atoms with Crippen LogP contribution in [0, 0.1) is 0 Å². The molecule has 2 atom stereocenters. The van der Waals surface area contributed by atoms with E-state index in [-0.39, 0.29) is 35.2 Å². The molecule has 26 heavy (non-hydrogen) atoms. The van der Waals surface area contributed by atoms with E-state index in [2.05, 4.69) is 0 Å². The number of carbonyl (C=O) groups is 4. The first-order valence-electron chi connectivity index (χ1n) is 8.20. The van der Waals surface area contributed by atoms with Crippen molar-refractivity contribution in [1.82, 2.24) is 9.80 Å². The van der Waals surface area contributed by atoms with Crippen molar-refractivity contribution in [3.05, 3.63) is 0 Å². The van der Waals surface area contributed by atoms with Crippen molar-refractivity contribution >= 4 is 37.5 Å². The third-order valence-corrected chi connectivity index (χ3v) is 3.17. The Kier molecular flexibility index (Phi) is 14.8. The van der Waals surface area contributed by atoms with E-state index in [0.29, 0.717) is 13.1 Å². The molecule has 0 spiro atoms. The molecule has 0 aromatic heterocycles. The Hall–Kier alpha value is -1.67. The monoisotopic (exact) mass is 368 g/mol. The first-order chi connectivity index (χ1) is 11.9. The summed E-state index contributed by atoms with van der Waals surface area (Å²) in [7, 11) is 8.51. The number of nitrogens with zero attached hydrogens (tertiary/aromatic N) is 2. The van der Waals surface area contributed by atoms with E-state index in [1.165, 1.54) is 18.7 Å². The minimum Gasteiger partial charge on any atom is -0.380 e. The fraction of sp³-hybridized carbons (Fsp3) is 0.750. The lowest BCUT2D eigenvalue weighted by molar-refractivity contribution is -0.110. The van der Waals surface area contributed by atoms with Gasteiger partial charge in [-0.15, -0.1) is 0 Å². The molecule has 0 rings (SSSR count). The third kappa shape index (κ3) is 14.7. The standard InChI is InChI=1S/C11H21BNO4.C5H9BNO2/c1-8(16-4)6-13(7-9(2)17-5)11(15)12-10(3)14;1-4(8)6-5(9)7(2)3/h8-9H,6-7H2,1-5H3;1-3H3. The van der Waals surface area contributed by atoms with Gasteiger partial charge in [-0.05, 0) is 27.7 Å². The number of amides is 2. The summed E-state index contributed by atoms with van der Waals surface area (Å²) < 4.78 is 10.2. The Labute approximate surface area is 158 Å².